The molecule has 0 aliphatic rings. The minimum Gasteiger partial charge on any atom is -0.392 e. The largest absolute Gasteiger partial charge is 0.392 e. The van der Waals surface area contributed by atoms with Crippen molar-refractivity contribution in [3.05, 3.63) is 65.2 Å². The third-order valence-electron chi connectivity index (χ3n) is 2.82. The molecular weight excluding hydrogens is 240 g/mol. The normalized spacial score (nSPS) is 10.2. The van der Waals surface area contributed by atoms with Crippen molar-refractivity contribution in [2.45, 2.75) is 13.2 Å². The van der Waals surface area contributed by atoms with Crippen molar-refractivity contribution in [2.24, 2.45) is 5.73 Å². The lowest BCUT2D eigenvalue weighted by Gasteiger charge is -2.08. The van der Waals surface area contributed by atoms with Crippen LogP contribution < -0.4 is 11.1 Å². The Hall–Kier alpha value is -2.33. The highest BCUT2D eigenvalue weighted by atomic mass is 16.3. The number of aliphatic hydroxyl groups is 1. The van der Waals surface area contributed by atoms with E-state index in [1.165, 1.54) is 0 Å². The summed E-state index contributed by atoms with van der Waals surface area (Å²) >= 11 is 0. The molecule has 0 aromatic heterocycles. The monoisotopic (exact) mass is 256 g/mol. The van der Waals surface area contributed by atoms with Crippen LogP contribution in [-0.4, -0.2) is 11.0 Å². The number of hydrogen-bond acceptors (Lipinski definition) is 3. The second kappa shape index (κ2) is 6.02. The molecule has 0 aliphatic carbocycles. The Balaban J connectivity index is 2.05. The first-order valence-electron chi connectivity index (χ1n) is 6.01. The molecule has 0 unspecified atom stereocenters. The first kappa shape index (κ1) is 13.1. The van der Waals surface area contributed by atoms with E-state index in [2.05, 4.69) is 5.32 Å². The summed E-state index contributed by atoms with van der Waals surface area (Å²) < 4.78 is 0. The lowest BCUT2D eigenvalue weighted by molar-refractivity contribution is 0.1000. The van der Waals surface area contributed by atoms with Crippen LogP contribution in [0.3, 0.4) is 0 Å². The van der Waals surface area contributed by atoms with E-state index in [0.29, 0.717) is 12.1 Å². The smallest absolute Gasteiger partial charge is 0.248 e. The molecule has 0 radical (unpaired) electrons. The molecule has 4 N–H and O–H groups in total. The van der Waals surface area contributed by atoms with Gasteiger partial charge in [0.2, 0.25) is 5.91 Å². The van der Waals surface area contributed by atoms with Crippen molar-refractivity contribution in [2.75, 3.05) is 5.32 Å². The van der Waals surface area contributed by atoms with Gasteiger partial charge in [-0.3, -0.25) is 4.79 Å². The second-order valence-electron chi connectivity index (χ2n) is 4.28. The maximum atomic E-state index is 11.1. The van der Waals surface area contributed by atoms with Gasteiger partial charge in [0.05, 0.1) is 6.61 Å². The number of carbonyl (C=O) groups is 1. The zero-order chi connectivity index (χ0) is 13.7. The first-order valence-corrected chi connectivity index (χ1v) is 6.01. The maximum Gasteiger partial charge on any atom is 0.248 e. The van der Waals surface area contributed by atoms with E-state index in [0.717, 1.165) is 16.8 Å². The molecule has 19 heavy (non-hydrogen) atoms. The fraction of sp³-hybridized carbons (Fsp3) is 0.133. The molecule has 98 valence electrons. The lowest BCUT2D eigenvalue weighted by atomic mass is 10.1. The van der Waals surface area contributed by atoms with Crippen LogP contribution in [0.1, 0.15) is 21.5 Å². The molecule has 0 bridgehead atoms. The van der Waals surface area contributed by atoms with Gasteiger partial charge in [-0.15, -0.1) is 0 Å². The average Bonchev–Trinajstić information content (AvgIpc) is 2.45. The van der Waals surface area contributed by atoms with Crippen molar-refractivity contribution in [1.29, 1.82) is 0 Å². The molecule has 0 spiro atoms. The number of hydrogen-bond donors (Lipinski definition) is 3. The Labute approximate surface area is 111 Å². The van der Waals surface area contributed by atoms with E-state index >= 15 is 0 Å². The Morgan fingerprint density at radius 1 is 1.11 bits per heavy atom. The Bertz CT molecular complexity index is 582. The van der Waals surface area contributed by atoms with Gasteiger partial charge in [0.15, 0.2) is 0 Å². The summed E-state index contributed by atoms with van der Waals surface area (Å²) in [6.07, 6.45) is 0. The van der Waals surface area contributed by atoms with Gasteiger partial charge >= 0.3 is 0 Å². The average molecular weight is 256 g/mol. The molecule has 4 nitrogen and oxygen atoms in total. The predicted octanol–water partition coefficient (Wildman–Crippen LogP) is 1.89. The summed E-state index contributed by atoms with van der Waals surface area (Å²) in [5.74, 6) is -0.427. The topological polar surface area (TPSA) is 75.4 Å². The quantitative estimate of drug-likeness (QED) is 0.764. The molecular formula is C15H16N2O2. The fourth-order valence-corrected chi connectivity index (χ4v) is 1.82. The van der Waals surface area contributed by atoms with Gasteiger partial charge in [0, 0.05) is 17.8 Å². The van der Waals surface area contributed by atoms with E-state index in [9.17, 15) is 4.79 Å². The number of carbonyl (C=O) groups excluding carboxylic acids is 1. The molecule has 2 rings (SSSR count). The molecule has 0 saturated carbocycles. The van der Waals surface area contributed by atoms with Crippen LogP contribution >= 0.6 is 0 Å². The zero-order valence-corrected chi connectivity index (χ0v) is 10.5. The Morgan fingerprint density at radius 3 is 2.58 bits per heavy atom. The van der Waals surface area contributed by atoms with Crippen LogP contribution in [0.4, 0.5) is 5.69 Å². The number of nitrogens with one attached hydrogen (secondary N) is 1. The highest BCUT2D eigenvalue weighted by molar-refractivity contribution is 5.92. The van der Waals surface area contributed by atoms with Gasteiger partial charge in [-0.2, -0.15) is 0 Å². The summed E-state index contributed by atoms with van der Waals surface area (Å²) in [6, 6.07) is 14.8. The van der Waals surface area contributed by atoms with Crippen molar-refractivity contribution < 1.29 is 9.90 Å². The number of primary amides is 1. The standard InChI is InChI=1S/C15H16N2O2/c16-15(19)13-5-1-3-11(7-13)9-17-14-6-2-4-12(8-14)10-18/h1-8,17-18H,9-10H2,(H2,16,19). The number of amides is 1. The maximum absolute atomic E-state index is 11.1. The summed E-state index contributed by atoms with van der Waals surface area (Å²) in [7, 11) is 0. The fourth-order valence-electron chi connectivity index (χ4n) is 1.82. The van der Waals surface area contributed by atoms with Crippen LogP contribution in [0.15, 0.2) is 48.5 Å². The van der Waals surface area contributed by atoms with E-state index in [1.54, 1.807) is 18.2 Å². The Kier molecular flexibility index (Phi) is 4.15. The molecule has 0 aliphatic heterocycles. The minimum absolute atomic E-state index is 0.0205. The highest BCUT2D eigenvalue weighted by Crippen LogP contribution is 2.13. The van der Waals surface area contributed by atoms with Crippen LogP contribution in [0.25, 0.3) is 0 Å². The molecule has 0 atom stereocenters. The van der Waals surface area contributed by atoms with Gasteiger partial charge in [0.25, 0.3) is 0 Å². The summed E-state index contributed by atoms with van der Waals surface area (Å²) in [5.41, 5.74) is 8.51. The number of nitrogens with two attached hydrogens (primary N) is 1. The minimum atomic E-state index is -0.427. The van der Waals surface area contributed by atoms with Gasteiger partial charge < -0.3 is 16.2 Å². The third-order valence-corrected chi connectivity index (χ3v) is 2.82. The van der Waals surface area contributed by atoms with Gasteiger partial charge in [-0.1, -0.05) is 24.3 Å². The van der Waals surface area contributed by atoms with Crippen LogP contribution in [0.2, 0.25) is 0 Å². The van der Waals surface area contributed by atoms with Gasteiger partial charge in [0.1, 0.15) is 0 Å². The SMILES string of the molecule is NC(=O)c1cccc(CNc2cccc(CO)c2)c1. The summed E-state index contributed by atoms with van der Waals surface area (Å²) in [5, 5.41) is 12.3. The van der Waals surface area contributed by atoms with Gasteiger partial charge in [-0.05, 0) is 35.4 Å². The number of aliphatic hydroxyl groups excluding tert-OH is 1. The number of benzene rings is 2. The highest BCUT2D eigenvalue weighted by Gasteiger charge is 2.01. The van der Waals surface area contributed by atoms with E-state index in [-0.39, 0.29) is 6.61 Å². The van der Waals surface area contributed by atoms with Crippen molar-refractivity contribution >= 4 is 11.6 Å². The van der Waals surface area contributed by atoms with Gasteiger partial charge in [-0.25, -0.2) is 0 Å². The second-order valence-corrected chi connectivity index (χ2v) is 4.28. The lowest BCUT2D eigenvalue weighted by Crippen LogP contribution is -2.11. The molecule has 2 aromatic carbocycles. The zero-order valence-electron chi connectivity index (χ0n) is 10.5. The first-order chi connectivity index (χ1) is 9.19. The van der Waals surface area contributed by atoms with Crippen LogP contribution in [0, 0.1) is 0 Å². The predicted molar refractivity (Wildman–Crippen MR) is 74.7 cm³/mol. The summed E-state index contributed by atoms with van der Waals surface area (Å²) in [6.45, 7) is 0.614. The Morgan fingerprint density at radius 2 is 1.84 bits per heavy atom. The number of rotatable bonds is 5. The molecule has 2 aromatic rings. The van der Waals surface area contributed by atoms with E-state index in [4.69, 9.17) is 10.8 Å². The molecule has 0 saturated heterocycles. The van der Waals surface area contributed by atoms with Crippen molar-refractivity contribution in [3.8, 4) is 0 Å². The van der Waals surface area contributed by atoms with E-state index < -0.39 is 5.91 Å². The molecule has 1 amide bonds. The third kappa shape index (κ3) is 3.56. The molecule has 0 heterocycles. The molecule has 4 heteroatoms. The van der Waals surface area contributed by atoms with Crippen molar-refractivity contribution in [3.63, 3.8) is 0 Å². The van der Waals surface area contributed by atoms with E-state index in [1.807, 2.05) is 30.3 Å². The molecule has 0 fully saturated rings. The van der Waals surface area contributed by atoms with Crippen LogP contribution in [-0.2, 0) is 13.2 Å². The summed E-state index contributed by atoms with van der Waals surface area (Å²) in [4.78, 5) is 11.1. The van der Waals surface area contributed by atoms with Crippen molar-refractivity contribution in [1.82, 2.24) is 0 Å². The number of anilines is 1. The van der Waals surface area contributed by atoms with Crippen LogP contribution in [0.5, 0.6) is 0 Å².